The van der Waals surface area contributed by atoms with E-state index in [4.69, 9.17) is 27.6 Å². The molecule has 3 heterocycles. The fourth-order valence-corrected chi connectivity index (χ4v) is 5.89. The van der Waals surface area contributed by atoms with Gasteiger partial charge in [0.2, 0.25) is 5.89 Å². The number of carbonyl (C=O) groups excluding carboxylic acids is 1. The molecule has 40 heavy (non-hydrogen) atoms. The molecule has 0 saturated carbocycles. The first-order valence-corrected chi connectivity index (χ1v) is 14.4. The number of halogens is 2. The highest BCUT2D eigenvalue weighted by atomic mass is 35.5. The van der Waals surface area contributed by atoms with E-state index in [2.05, 4.69) is 20.1 Å². The summed E-state index contributed by atoms with van der Waals surface area (Å²) >= 11 is 14.3. The number of thioether (sulfide) groups is 1. The highest BCUT2D eigenvalue weighted by Crippen LogP contribution is 2.33. The van der Waals surface area contributed by atoms with E-state index < -0.39 is 0 Å². The van der Waals surface area contributed by atoms with Crippen LogP contribution in [0.2, 0.25) is 10.0 Å². The van der Waals surface area contributed by atoms with Crippen molar-refractivity contribution in [1.29, 1.82) is 0 Å². The Labute approximate surface area is 245 Å². The number of hydrogen-bond donors (Lipinski definition) is 0. The van der Waals surface area contributed by atoms with Crippen molar-refractivity contribution in [3.63, 3.8) is 0 Å². The third-order valence-electron chi connectivity index (χ3n) is 6.62. The topological polar surface area (TPSA) is 80.3 Å². The maximum absolute atomic E-state index is 13.1. The van der Waals surface area contributed by atoms with Crippen molar-refractivity contribution in [2.24, 2.45) is 0 Å². The van der Waals surface area contributed by atoms with Crippen LogP contribution in [0.1, 0.15) is 16.4 Å². The summed E-state index contributed by atoms with van der Waals surface area (Å²) in [6.45, 7) is 2.54. The molecule has 1 amide bonds. The normalized spacial score (nSPS) is 13.6. The van der Waals surface area contributed by atoms with Crippen molar-refractivity contribution >= 4 is 46.6 Å². The summed E-state index contributed by atoms with van der Waals surface area (Å²) < 4.78 is 7.63. The van der Waals surface area contributed by atoms with E-state index >= 15 is 0 Å². The van der Waals surface area contributed by atoms with Crippen LogP contribution in [0, 0.1) is 0 Å². The number of carbonyl (C=O) groups is 1. The number of oxazole rings is 1. The summed E-state index contributed by atoms with van der Waals surface area (Å²) in [6.07, 6.45) is 1.43. The van der Waals surface area contributed by atoms with Crippen molar-refractivity contribution in [2.75, 3.05) is 31.1 Å². The Bertz CT molecular complexity index is 1630. The van der Waals surface area contributed by atoms with Crippen LogP contribution in [-0.4, -0.2) is 56.7 Å². The van der Waals surface area contributed by atoms with E-state index in [-0.39, 0.29) is 5.91 Å². The Morgan fingerprint density at radius 3 is 2.30 bits per heavy atom. The lowest BCUT2D eigenvalue weighted by Gasteiger charge is -2.36. The highest BCUT2D eigenvalue weighted by molar-refractivity contribution is 7.98. The third kappa shape index (κ3) is 5.45. The molecule has 202 valence electrons. The minimum Gasteiger partial charge on any atom is -0.447 e. The van der Waals surface area contributed by atoms with E-state index in [1.165, 1.54) is 18.0 Å². The fraction of sp³-hybridized carbons (Fsp3) is 0.172. The number of benzene rings is 3. The molecule has 0 spiro atoms. The Hall–Kier alpha value is -3.79. The van der Waals surface area contributed by atoms with Gasteiger partial charge in [-0.25, -0.2) is 4.98 Å². The average Bonchev–Trinajstić information content (AvgIpc) is 3.64. The van der Waals surface area contributed by atoms with Gasteiger partial charge in [0.05, 0.1) is 21.5 Å². The predicted octanol–water partition coefficient (Wildman–Crippen LogP) is 6.48. The minimum absolute atomic E-state index is 0.146. The molecule has 2 aromatic heterocycles. The lowest BCUT2D eigenvalue weighted by molar-refractivity contribution is 0.0741. The van der Waals surface area contributed by atoms with Gasteiger partial charge in [-0.2, -0.15) is 0 Å². The average molecular weight is 592 g/mol. The summed E-state index contributed by atoms with van der Waals surface area (Å²) in [5, 5.41) is 10.8. The van der Waals surface area contributed by atoms with E-state index in [9.17, 15) is 4.79 Å². The molecule has 1 saturated heterocycles. The minimum atomic E-state index is -0.146. The van der Waals surface area contributed by atoms with Crippen LogP contribution >= 0.6 is 35.0 Å². The number of rotatable bonds is 7. The molecule has 8 nitrogen and oxygen atoms in total. The monoisotopic (exact) mass is 590 g/mol. The molecule has 0 N–H and O–H groups in total. The van der Waals surface area contributed by atoms with E-state index in [1.807, 2.05) is 83.4 Å². The lowest BCUT2D eigenvalue weighted by Crippen LogP contribution is -2.49. The number of piperazine rings is 1. The van der Waals surface area contributed by atoms with Crippen LogP contribution in [0.4, 0.5) is 5.69 Å². The highest BCUT2D eigenvalue weighted by Gasteiger charge is 2.26. The first-order chi connectivity index (χ1) is 19.6. The van der Waals surface area contributed by atoms with Gasteiger partial charge in [-0.1, -0.05) is 77.4 Å². The zero-order chi connectivity index (χ0) is 27.5. The fourth-order valence-electron chi connectivity index (χ4n) is 4.61. The maximum atomic E-state index is 13.1. The Morgan fingerprint density at radius 2 is 1.55 bits per heavy atom. The number of aromatic nitrogens is 4. The molecular formula is C29H24Cl2N6O2S. The number of hydrogen-bond acceptors (Lipinski definition) is 7. The van der Waals surface area contributed by atoms with Crippen LogP contribution < -0.4 is 4.90 Å². The van der Waals surface area contributed by atoms with Gasteiger partial charge in [0.25, 0.3) is 5.91 Å². The summed E-state index contributed by atoms with van der Waals surface area (Å²) in [6, 6.07) is 25.1. The maximum Gasteiger partial charge on any atom is 0.275 e. The second-order valence-corrected chi connectivity index (χ2v) is 10.9. The van der Waals surface area contributed by atoms with Crippen molar-refractivity contribution in [3.05, 3.63) is 107 Å². The first kappa shape index (κ1) is 26.4. The summed E-state index contributed by atoms with van der Waals surface area (Å²) in [7, 11) is 0. The second kappa shape index (κ2) is 11.8. The van der Waals surface area contributed by atoms with E-state index in [0.717, 1.165) is 16.9 Å². The number of para-hydroxylation sites is 2. The van der Waals surface area contributed by atoms with Gasteiger partial charge in [0, 0.05) is 37.4 Å². The van der Waals surface area contributed by atoms with Crippen molar-refractivity contribution < 1.29 is 9.21 Å². The summed E-state index contributed by atoms with van der Waals surface area (Å²) in [4.78, 5) is 21.6. The van der Waals surface area contributed by atoms with Crippen molar-refractivity contribution in [2.45, 2.75) is 10.9 Å². The standard InChI is InChI=1S/C29H24Cl2N6O2S/c30-22-11-5-4-10-21(22)27-33-34-29(37(27)20-8-2-1-3-9-20)40-19-26-32-24(18-39-26)28(38)36-16-14-35(15-17-36)25-13-7-6-12-23(25)31/h1-13,18H,14-17,19H2. The van der Waals surface area contributed by atoms with Crippen LogP contribution in [0.5, 0.6) is 0 Å². The largest absolute Gasteiger partial charge is 0.447 e. The predicted molar refractivity (Wildman–Crippen MR) is 157 cm³/mol. The molecule has 0 unspecified atom stereocenters. The van der Waals surface area contributed by atoms with Gasteiger partial charge in [-0.15, -0.1) is 10.2 Å². The van der Waals surface area contributed by atoms with Crippen LogP contribution in [0.3, 0.4) is 0 Å². The molecule has 3 aromatic carbocycles. The van der Waals surface area contributed by atoms with E-state index in [1.54, 1.807) is 4.90 Å². The third-order valence-corrected chi connectivity index (χ3v) is 8.18. The molecule has 0 radical (unpaired) electrons. The van der Waals surface area contributed by atoms with Gasteiger partial charge >= 0.3 is 0 Å². The molecule has 0 aliphatic carbocycles. The smallest absolute Gasteiger partial charge is 0.275 e. The number of nitrogens with zero attached hydrogens (tertiary/aromatic N) is 6. The van der Waals surface area contributed by atoms with E-state index in [0.29, 0.717) is 64.5 Å². The lowest BCUT2D eigenvalue weighted by atomic mass is 10.2. The van der Waals surface area contributed by atoms with Crippen molar-refractivity contribution in [3.8, 4) is 17.1 Å². The van der Waals surface area contributed by atoms with Gasteiger partial charge < -0.3 is 14.2 Å². The summed E-state index contributed by atoms with van der Waals surface area (Å²) in [5.74, 6) is 1.30. The molecular weight excluding hydrogens is 567 g/mol. The van der Waals surface area contributed by atoms with Crippen LogP contribution in [-0.2, 0) is 5.75 Å². The quantitative estimate of drug-likeness (QED) is 0.200. The zero-order valence-electron chi connectivity index (χ0n) is 21.3. The first-order valence-electron chi connectivity index (χ1n) is 12.7. The number of anilines is 1. The molecule has 5 aromatic rings. The van der Waals surface area contributed by atoms with Crippen LogP contribution in [0.25, 0.3) is 17.1 Å². The molecule has 11 heteroatoms. The number of amides is 1. The molecule has 0 bridgehead atoms. The van der Waals surface area contributed by atoms with Gasteiger partial charge in [-0.3, -0.25) is 9.36 Å². The second-order valence-electron chi connectivity index (χ2n) is 9.10. The molecule has 0 atom stereocenters. The molecule has 1 aliphatic rings. The van der Waals surface area contributed by atoms with Crippen molar-refractivity contribution in [1.82, 2.24) is 24.6 Å². The van der Waals surface area contributed by atoms with Gasteiger partial charge in [0.1, 0.15) is 6.26 Å². The van der Waals surface area contributed by atoms with Gasteiger partial charge in [-0.05, 0) is 36.4 Å². The van der Waals surface area contributed by atoms with Gasteiger partial charge in [0.15, 0.2) is 16.7 Å². The Balaban J connectivity index is 1.15. The SMILES string of the molecule is O=C(c1coc(CSc2nnc(-c3ccccc3Cl)n2-c2ccccc2)n1)N1CCN(c2ccccc2Cl)CC1. The molecule has 1 fully saturated rings. The zero-order valence-corrected chi connectivity index (χ0v) is 23.6. The Morgan fingerprint density at radius 1 is 0.850 bits per heavy atom. The van der Waals surface area contributed by atoms with Crippen LogP contribution in [0.15, 0.2) is 94.7 Å². The summed E-state index contributed by atoms with van der Waals surface area (Å²) in [5.41, 5.74) is 2.97. The Kier molecular flexibility index (Phi) is 7.77. The molecule has 1 aliphatic heterocycles. The molecule has 6 rings (SSSR count).